The molecule has 1 aromatic rings. The van der Waals surface area contributed by atoms with Crippen LogP contribution in [0.25, 0.3) is 0 Å². The van der Waals surface area contributed by atoms with Gasteiger partial charge in [-0.25, -0.2) is 0 Å². The number of hydrogen-bond acceptors (Lipinski definition) is 2. The highest BCUT2D eigenvalue weighted by Gasteiger charge is 2.15. The summed E-state index contributed by atoms with van der Waals surface area (Å²) >= 11 is 13.8. The topological polar surface area (TPSA) is 12.0 Å². The molecule has 0 unspecified atom stereocenters. The molecular weight excluding hydrogens is 249 g/mol. The van der Waals surface area contributed by atoms with Crippen molar-refractivity contribution in [3.05, 3.63) is 33.8 Å². The van der Waals surface area contributed by atoms with E-state index in [1.165, 1.54) is 24.4 Å². The van der Waals surface area contributed by atoms with Crippen molar-refractivity contribution in [2.24, 2.45) is 5.92 Å². The van der Waals surface area contributed by atoms with Gasteiger partial charge in [0.15, 0.2) is 0 Å². The Morgan fingerprint density at radius 3 is 2.67 bits per heavy atom. The smallest absolute Gasteiger partial charge is 0.0595 e. The molecular formula is C11H13Cl2NS. The molecule has 0 aromatic heterocycles. The average Bonchev–Trinajstić information content (AvgIpc) is 2.15. The average molecular weight is 262 g/mol. The normalized spacial score (nSPS) is 16.4. The van der Waals surface area contributed by atoms with Gasteiger partial charge in [0.25, 0.3) is 0 Å². The van der Waals surface area contributed by atoms with Crippen molar-refractivity contribution in [3.63, 3.8) is 0 Å². The molecule has 1 aliphatic rings. The molecule has 0 atom stereocenters. The fourth-order valence-electron chi connectivity index (χ4n) is 1.44. The Hall–Kier alpha value is 0.110. The van der Waals surface area contributed by atoms with Gasteiger partial charge >= 0.3 is 0 Å². The third kappa shape index (κ3) is 3.28. The summed E-state index contributed by atoms with van der Waals surface area (Å²) < 4.78 is 0. The van der Waals surface area contributed by atoms with Gasteiger partial charge in [-0.3, -0.25) is 0 Å². The second-order valence-corrected chi connectivity index (χ2v) is 5.63. The van der Waals surface area contributed by atoms with Crippen LogP contribution in [-0.4, -0.2) is 18.8 Å². The molecule has 82 valence electrons. The van der Waals surface area contributed by atoms with Crippen molar-refractivity contribution < 1.29 is 0 Å². The molecule has 4 heteroatoms. The Labute approximate surface area is 105 Å². The highest BCUT2D eigenvalue weighted by atomic mass is 35.5. The second-order valence-electron chi connectivity index (χ2n) is 3.79. The van der Waals surface area contributed by atoms with Gasteiger partial charge in [-0.15, -0.1) is 0 Å². The van der Waals surface area contributed by atoms with E-state index < -0.39 is 0 Å². The second kappa shape index (κ2) is 5.44. The largest absolute Gasteiger partial charge is 0.316 e. The standard InChI is InChI=1S/C11H13Cl2NS/c12-10-2-1-8(3-11(10)13)6-15-7-9-4-14-5-9/h1-3,9,14H,4-7H2. The van der Waals surface area contributed by atoms with Crippen molar-refractivity contribution in [1.29, 1.82) is 0 Å². The van der Waals surface area contributed by atoms with Gasteiger partial charge in [0.2, 0.25) is 0 Å². The predicted octanol–water partition coefficient (Wildman–Crippen LogP) is 3.45. The molecule has 2 rings (SSSR count). The maximum absolute atomic E-state index is 5.94. The summed E-state index contributed by atoms with van der Waals surface area (Å²) in [4.78, 5) is 0. The lowest BCUT2D eigenvalue weighted by Gasteiger charge is -2.26. The minimum atomic E-state index is 0.633. The van der Waals surface area contributed by atoms with E-state index in [9.17, 15) is 0 Å². The first-order valence-electron chi connectivity index (χ1n) is 4.98. The van der Waals surface area contributed by atoms with Crippen LogP contribution >= 0.6 is 35.0 Å². The minimum absolute atomic E-state index is 0.633. The number of halogens is 2. The van der Waals surface area contributed by atoms with Crippen molar-refractivity contribution in [2.75, 3.05) is 18.8 Å². The van der Waals surface area contributed by atoms with Crippen LogP contribution in [0, 0.1) is 5.92 Å². The first-order chi connectivity index (χ1) is 7.25. The highest BCUT2D eigenvalue weighted by molar-refractivity contribution is 7.98. The maximum Gasteiger partial charge on any atom is 0.0595 e. The molecule has 0 aliphatic carbocycles. The first kappa shape index (κ1) is 11.6. The third-order valence-corrected chi connectivity index (χ3v) is 4.46. The molecule has 0 spiro atoms. The van der Waals surface area contributed by atoms with Gasteiger partial charge in [-0.1, -0.05) is 29.3 Å². The summed E-state index contributed by atoms with van der Waals surface area (Å²) in [5.41, 5.74) is 1.25. The molecule has 1 heterocycles. The SMILES string of the molecule is Clc1ccc(CSCC2CNC2)cc1Cl. The van der Waals surface area contributed by atoms with Gasteiger partial charge in [-0.05, 0) is 42.5 Å². The summed E-state index contributed by atoms with van der Waals surface area (Å²) in [6.45, 7) is 2.35. The van der Waals surface area contributed by atoms with Crippen LogP contribution in [0.4, 0.5) is 0 Å². The van der Waals surface area contributed by atoms with Crippen LogP contribution in [-0.2, 0) is 5.75 Å². The highest BCUT2D eigenvalue weighted by Crippen LogP contribution is 2.25. The minimum Gasteiger partial charge on any atom is -0.316 e. The van der Waals surface area contributed by atoms with E-state index in [0.717, 1.165) is 11.7 Å². The van der Waals surface area contributed by atoms with Gasteiger partial charge in [0, 0.05) is 5.75 Å². The van der Waals surface area contributed by atoms with Gasteiger partial charge in [-0.2, -0.15) is 11.8 Å². The van der Waals surface area contributed by atoms with Crippen LogP contribution in [0.15, 0.2) is 18.2 Å². The van der Waals surface area contributed by atoms with Crippen LogP contribution in [0.5, 0.6) is 0 Å². The summed E-state index contributed by atoms with van der Waals surface area (Å²) in [7, 11) is 0. The van der Waals surface area contributed by atoms with Gasteiger partial charge in [0.05, 0.1) is 10.0 Å². The van der Waals surface area contributed by atoms with Crippen molar-refractivity contribution >= 4 is 35.0 Å². The summed E-state index contributed by atoms with van der Waals surface area (Å²) in [5, 5.41) is 4.56. The number of hydrogen-bond donors (Lipinski definition) is 1. The van der Waals surface area contributed by atoms with Gasteiger partial charge in [0.1, 0.15) is 0 Å². The summed E-state index contributed by atoms with van der Waals surface area (Å²) in [6.07, 6.45) is 0. The Kier molecular flexibility index (Phi) is 4.21. The molecule has 0 saturated carbocycles. The van der Waals surface area contributed by atoms with Crippen molar-refractivity contribution in [1.82, 2.24) is 5.32 Å². The Balaban J connectivity index is 1.79. The lowest BCUT2D eigenvalue weighted by atomic mass is 10.1. The first-order valence-corrected chi connectivity index (χ1v) is 6.89. The van der Waals surface area contributed by atoms with Crippen LogP contribution in [0.1, 0.15) is 5.56 Å². The van der Waals surface area contributed by atoms with E-state index in [0.29, 0.717) is 10.0 Å². The monoisotopic (exact) mass is 261 g/mol. The number of rotatable bonds is 4. The quantitative estimate of drug-likeness (QED) is 0.892. The Morgan fingerprint density at radius 2 is 2.07 bits per heavy atom. The van der Waals surface area contributed by atoms with Crippen molar-refractivity contribution in [2.45, 2.75) is 5.75 Å². The van der Waals surface area contributed by atoms with E-state index in [2.05, 4.69) is 5.32 Å². The lowest BCUT2D eigenvalue weighted by Crippen LogP contribution is -2.43. The molecule has 1 nitrogen and oxygen atoms in total. The molecule has 0 amide bonds. The zero-order chi connectivity index (χ0) is 10.7. The fraction of sp³-hybridized carbons (Fsp3) is 0.455. The molecule has 15 heavy (non-hydrogen) atoms. The molecule has 0 bridgehead atoms. The molecule has 1 aliphatic heterocycles. The van der Waals surface area contributed by atoms with E-state index in [-0.39, 0.29) is 0 Å². The van der Waals surface area contributed by atoms with Crippen LogP contribution in [0.3, 0.4) is 0 Å². The van der Waals surface area contributed by atoms with Crippen LogP contribution < -0.4 is 5.32 Å². The fourth-order valence-corrected chi connectivity index (χ4v) is 2.86. The predicted molar refractivity (Wildman–Crippen MR) is 69.0 cm³/mol. The molecule has 0 radical (unpaired) electrons. The van der Waals surface area contributed by atoms with Crippen molar-refractivity contribution in [3.8, 4) is 0 Å². The van der Waals surface area contributed by atoms with E-state index in [1.807, 2.05) is 30.0 Å². The summed E-state index contributed by atoms with van der Waals surface area (Å²) in [6, 6.07) is 5.86. The molecule has 1 N–H and O–H groups in total. The number of benzene rings is 1. The lowest BCUT2D eigenvalue weighted by molar-refractivity contribution is 0.385. The molecule has 1 fully saturated rings. The molecule has 1 saturated heterocycles. The van der Waals surface area contributed by atoms with E-state index in [1.54, 1.807) is 0 Å². The maximum atomic E-state index is 5.94. The van der Waals surface area contributed by atoms with E-state index >= 15 is 0 Å². The zero-order valence-electron chi connectivity index (χ0n) is 8.30. The summed E-state index contributed by atoms with van der Waals surface area (Å²) in [5.74, 6) is 3.11. The van der Waals surface area contributed by atoms with Gasteiger partial charge < -0.3 is 5.32 Å². The Bertz CT molecular complexity index is 339. The third-order valence-electron chi connectivity index (χ3n) is 2.47. The number of nitrogens with one attached hydrogen (secondary N) is 1. The zero-order valence-corrected chi connectivity index (χ0v) is 10.6. The van der Waals surface area contributed by atoms with E-state index in [4.69, 9.17) is 23.2 Å². The van der Waals surface area contributed by atoms with Crippen LogP contribution in [0.2, 0.25) is 10.0 Å². The number of thioether (sulfide) groups is 1. The Morgan fingerprint density at radius 1 is 1.27 bits per heavy atom. The molecule has 1 aromatic carbocycles.